The summed E-state index contributed by atoms with van der Waals surface area (Å²) in [6.45, 7) is 5.58. The van der Waals surface area contributed by atoms with Gasteiger partial charge in [0.2, 0.25) is 0 Å². The molecule has 1 aliphatic carbocycles. The number of amides is 1. The quantitative estimate of drug-likeness (QED) is 0.810. The van der Waals surface area contributed by atoms with Crippen LogP contribution in [-0.4, -0.2) is 62.1 Å². The third-order valence-electron chi connectivity index (χ3n) is 5.02. The van der Waals surface area contributed by atoms with Crippen LogP contribution >= 0.6 is 0 Å². The maximum absolute atomic E-state index is 12.6. The molecule has 2 fully saturated rings. The van der Waals surface area contributed by atoms with E-state index in [2.05, 4.69) is 15.4 Å². The molecular weight excluding hydrogens is 330 g/mol. The van der Waals surface area contributed by atoms with Crippen molar-refractivity contribution in [1.29, 1.82) is 0 Å². The van der Waals surface area contributed by atoms with Gasteiger partial charge in [-0.25, -0.2) is 8.42 Å². The van der Waals surface area contributed by atoms with Gasteiger partial charge in [-0.2, -0.15) is 0 Å². The number of carbonyl (C=O) groups excluding carboxylic acids is 1. The highest BCUT2D eigenvalue weighted by Gasteiger charge is 2.43. The van der Waals surface area contributed by atoms with E-state index in [0.29, 0.717) is 41.9 Å². The van der Waals surface area contributed by atoms with Crippen molar-refractivity contribution < 1.29 is 17.7 Å². The van der Waals surface area contributed by atoms with Crippen LogP contribution in [0.15, 0.2) is 4.52 Å². The van der Waals surface area contributed by atoms with Gasteiger partial charge in [0, 0.05) is 31.9 Å². The van der Waals surface area contributed by atoms with Crippen LogP contribution in [0.2, 0.25) is 0 Å². The first-order valence-corrected chi connectivity index (χ1v) is 10.4. The van der Waals surface area contributed by atoms with Crippen molar-refractivity contribution in [2.75, 3.05) is 31.6 Å². The van der Waals surface area contributed by atoms with Gasteiger partial charge in [-0.3, -0.25) is 9.69 Å². The smallest absolute Gasteiger partial charge is 0.257 e. The van der Waals surface area contributed by atoms with E-state index in [4.69, 9.17) is 4.52 Å². The Labute approximate surface area is 142 Å². The largest absolute Gasteiger partial charge is 0.361 e. The molecule has 1 aromatic rings. The number of sulfone groups is 1. The first-order chi connectivity index (χ1) is 11.2. The zero-order chi connectivity index (χ0) is 17.5. The van der Waals surface area contributed by atoms with Crippen LogP contribution in [0, 0.1) is 25.7 Å². The first kappa shape index (κ1) is 17.4. The Bertz CT molecular complexity index is 704. The zero-order valence-corrected chi connectivity index (χ0v) is 15.2. The molecular formula is C16H25N3O4S. The number of likely N-dealkylation sites (tertiary alicyclic amines) is 1. The number of hydrogen-bond acceptors (Lipinski definition) is 6. The molecule has 1 amide bonds. The molecule has 2 aliphatic rings. The maximum atomic E-state index is 12.6. The lowest BCUT2D eigenvalue weighted by molar-refractivity contribution is 0.0926. The lowest BCUT2D eigenvalue weighted by Gasteiger charge is -2.19. The molecule has 1 N–H and O–H groups in total. The lowest BCUT2D eigenvalue weighted by atomic mass is 9.97. The van der Waals surface area contributed by atoms with Gasteiger partial charge < -0.3 is 9.84 Å². The number of rotatable bonds is 6. The summed E-state index contributed by atoms with van der Waals surface area (Å²) in [7, 11) is -2.97. The van der Waals surface area contributed by atoms with Crippen molar-refractivity contribution in [3.63, 3.8) is 0 Å². The number of hydrogen-bond donors (Lipinski definition) is 1. The standard InChI is InChI=1S/C16H25N3O4S/c1-10-15(11(2)23-18-10)16(20)17-14-9-19(6-7-24(3,21)22)8-13(14)12-4-5-12/h12-14H,4-9H2,1-3H3,(H,17,20)/t13-,14+/m1/s1. The second-order valence-corrected chi connectivity index (χ2v) is 9.43. The molecule has 0 aromatic carbocycles. The normalized spacial score (nSPS) is 25.1. The fourth-order valence-electron chi connectivity index (χ4n) is 3.59. The molecule has 0 bridgehead atoms. The van der Waals surface area contributed by atoms with Crippen molar-refractivity contribution in [3.05, 3.63) is 17.0 Å². The molecule has 1 aromatic heterocycles. The summed E-state index contributed by atoms with van der Waals surface area (Å²) in [5.41, 5.74) is 1.11. The van der Waals surface area contributed by atoms with Gasteiger partial charge in [0.25, 0.3) is 5.91 Å². The van der Waals surface area contributed by atoms with Crippen molar-refractivity contribution in [2.24, 2.45) is 11.8 Å². The van der Waals surface area contributed by atoms with Crippen LogP contribution in [0.1, 0.15) is 34.7 Å². The number of carbonyl (C=O) groups is 1. The summed E-state index contributed by atoms with van der Waals surface area (Å²) in [5.74, 6) is 1.58. The van der Waals surface area contributed by atoms with E-state index in [1.54, 1.807) is 13.8 Å². The van der Waals surface area contributed by atoms with E-state index in [0.717, 1.165) is 6.54 Å². The molecule has 24 heavy (non-hydrogen) atoms. The van der Waals surface area contributed by atoms with E-state index in [1.165, 1.54) is 19.1 Å². The monoisotopic (exact) mass is 355 g/mol. The minimum absolute atomic E-state index is 0.0539. The highest BCUT2D eigenvalue weighted by atomic mass is 32.2. The molecule has 1 aliphatic heterocycles. The molecule has 1 saturated carbocycles. The SMILES string of the molecule is Cc1noc(C)c1C(=O)N[C@H]1CN(CCS(C)(=O)=O)C[C@@H]1C1CC1. The summed E-state index contributed by atoms with van der Waals surface area (Å²) in [4.78, 5) is 14.7. The molecule has 0 unspecified atom stereocenters. The predicted octanol–water partition coefficient (Wildman–Crippen LogP) is 0.776. The van der Waals surface area contributed by atoms with E-state index < -0.39 is 9.84 Å². The third kappa shape index (κ3) is 3.97. The molecule has 0 radical (unpaired) electrons. The van der Waals surface area contributed by atoms with Gasteiger partial charge in [0.05, 0.1) is 11.4 Å². The fourth-order valence-corrected chi connectivity index (χ4v) is 4.18. The minimum Gasteiger partial charge on any atom is -0.361 e. The number of nitrogens with zero attached hydrogens (tertiary/aromatic N) is 2. The predicted molar refractivity (Wildman–Crippen MR) is 89.6 cm³/mol. The van der Waals surface area contributed by atoms with E-state index in [-0.39, 0.29) is 17.7 Å². The zero-order valence-electron chi connectivity index (χ0n) is 14.4. The van der Waals surface area contributed by atoms with Crippen LogP contribution < -0.4 is 5.32 Å². The van der Waals surface area contributed by atoms with Gasteiger partial charge in [0.1, 0.15) is 21.2 Å². The number of nitrogens with one attached hydrogen (secondary N) is 1. The molecule has 134 valence electrons. The minimum atomic E-state index is -2.97. The molecule has 1 saturated heterocycles. The van der Waals surface area contributed by atoms with Crippen LogP contribution in [-0.2, 0) is 9.84 Å². The topological polar surface area (TPSA) is 92.5 Å². The number of aryl methyl sites for hydroxylation is 2. The van der Waals surface area contributed by atoms with Crippen LogP contribution in [0.5, 0.6) is 0 Å². The molecule has 0 spiro atoms. The van der Waals surface area contributed by atoms with Gasteiger partial charge >= 0.3 is 0 Å². The van der Waals surface area contributed by atoms with E-state index in [9.17, 15) is 13.2 Å². The van der Waals surface area contributed by atoms with Crippen molar-refractivity contribution in [3.8, 4) is 0 Å². The van der Waals surface area contributed by atoms with Crippen molar-refractivity contribution >= 4 is 15.7 Å². The van der Waals surface area contributed by atoms with Crippen LogP contribution in [0.4, 0.5) is 0 Å². The highest BCUT2D eigenvalue weighted by Crippen LogP contribution is 2.41. The van der Waals surface area contributed by atoms with Gasteiger partial charge in [-0.1, -0.05) is 5.16 Å². The van der Waals surface area contributed by atoms with Crippen LogP contribution in [0.3, 0.4) is 0 Å². The maximum Gasteiger partial charge on any atom is 0.257 e. The molecule has 8 heteroatoms. The van der Waals surface area contributed by atoms with E-state index in [1.807, 2.05) is 0 Å². The van der Waals surface area contributed by atoms with Gasteiger partial charge in [-0.05, 0) is 38.5 Å². The van der Waals surface area contributed by atoms with E-state index >= 15 is 0 Å². The Balaban J connectivity index is 1.66. The second kappa shape index (κ2) is 6.48. The number of aromatic nitrogens is 1. The summed E-state index contributed by atoms with van der Waals surface area (Å²) in [6, 6.07) is 0.0539. The highest BCUT2D eigenvalue weighted by molar-refractivity contribution is 7.90. The Kier molecular flexibility index (Phi) is 4.70. The molecule has 7 nitrogen and oxygen atoms in total. The summed E-state index contributed by atoms with van der Waals surface area (Å²) in [6.07, 6.45) is 3.66. The average molecular weight is 355 g/mol. The fraction of sp³-hybridized carbons (Fsp3) is 0.750. The van der Waals surface area contributed by atoms with Crippen LogP contribution in [0.25, 0.3) is 0 Å². The summed E-state index contributed by atoms with van der Waals surface area (Å²) < 4.78 is 27.9. The Hall–Kier alpha value is -1.41. The average Bonchev–Trinajstić information content (AvgIpc) is 3.16. The first-order valence-electron chi connectivity index (χ1n) is 8.38. The van der Waals surface area contributed by atoms with Gasteiger partial charge in [0.15, 0.2) is 0 Å². The Morgan fingerprint density at radius 2 is 2.04 bits per heavy atom. The molecule has 3 rings (SSSR count). The van der Waals surface area contributed by atoms with Crippen molar-refractivity contribution in [2.45, 2.75) is 32.7 Å². The summed E-state index contributed by atoms with van der Waals surface area (Å²) in [5, 5.41) is 6.97. The Morgan fingerprint density at radius 3 is 2.58 bits per heavy atom. The second-order valence-electron chi connectivity index (χ2n) is 7.17. The van der Waals surface area contributed by atoms with Gasteiger partial charge in [-0.15, -0.1) is 0 Å². The molecule has 2 atom stereocenters. The third-order valence-corrected chi connectivity index (χ3v) is 5.95. The van der Waals surface area contributed by atoms with Crippen molar-refractivity contribution in [1.82, 2.24) is 15.4 Å². The summed E-state index contributed by atoms with van der Waals surface area (Å²) >= 11 is 0. The molecule has 2 heterocycles. The lowest BCUT2D eigenvalue weighted by Crippen LogP contribution is -2.41. The Morgan fingerprint density at radius 1 is 1.33 bits per heavy atom.